The van der Waals surface area contributed by atoms with Crippen LogP contribution in [0.25, 0.3) is 16.6 Å². The summed E-state index contributed by atoms with van der Waals surface area (Å²) >= 11 is 0. The van der Waals surface area contributed by atoms with Crippen molar-refractivity contribution in [2.75, 3.05) is 0 Å². The van der Waals surface area contributed by atoms with E-state index in [0.29, 0.717) is 17.4 Å². The minimum atomic E-state index is -0.325. The van der Waals surface area contributed by atoms with Gasteiger partial charge in [0, 0.05) is 35.2 Å². The Labute approximate surface area is 196 Å². The SMILES string of the molecule is C=C1N=CC(c2ccc(-n3ccnc3)cc2)=NN1/C(=N\N)C1(c2ccc3ncccc3c2)CC1. The number of aliphatic imine (C=N–C) groups is 1. The normalized spacial score (nSPS) is 17.2. The molecule has 1 saturated carbocycles. The van der Waals surface area contributed by atoms with Crippen molar-refractivity contribution < 1.29 is 0 Å². The lowest BCUT2D eigenvalue weighted by Crippen LogP contribution is -2.38. The molecule has 6 rings (SSSR count). The summed E-state index contributed by atoms with van der Waals surface area (Å²) in [6.45, 7) is 4.09. The molecule has 2 N–H and O–H groups in total. The number of amidine groups is 1. The summed E-state index contributed by atoms with van der Waals surface area (Å²) in [5.41, 5.74) is 4.44. The molecule has 34 heavy (non-hydrogen) atoms. The smallest absolute Gasteiger partial charge is 0.162 e. The third-order valence-corrected chi connectivity index (χ3v) is 6.41. The molecule has 2 aromatic carbocycles. The number of nitrogens with two attached hydrogens (primary N) is 1. The second-order valence-corrected chi connectivity index (χ2v) is 8.43. The highest BCUT2D eigenvalue weighted by Crippen LogP contribution is 2.51. The molecule has 8 heteroatoms. The zero-order valence-corrected chi connectivity index (χ0v) is 18.4. The number of fused-ring (bicyclic) bond motifs is 1. The van der Waals surface area contributed by atoms with Gasteiger partial charge in [-0.2, -0.15) is 15.2 Å². The van der Waals surface area contributed by atoms with E-state index in [1.807, 2.05) is 47.2 Å². The van der Waals surface area contributed by atoms with E-state index in [1.165, 1.54) is 0 Å². The van der Waals surface area contributed by atoms with Crippen LogP contribution in [0.15, 0.2) is 107 Å². The molecule has 166 valence electrons. The highest BCUT2D eigenvalue weighted by atomic mass is 15.5. The van der Waals surface area contributed by atoms with Gasteiger partial charge in [-0.3, -0.25) is 4.98 Å². The maximum Gasteiger partial charge on any atom is 0.162 e. The molecule has 0 atom stereocenters. The molecule has 4 aromatic rings. The van der Waals surface area contributed by atoms with Crippen LogP contribution in [-0.4, -0.2) is 37.3 Å². The van der Waals surface area contributed by atoms with Gasteiger partial charge in [0.1, 0.15) is 11.5 Å². The zero-order chi connectivity index (χ0) is 23.1. The Bertz CT molecular complexity index is 1480. The van der Waals surface area contributed by atoms with E-state index in [4.69, 9.17) is 10.9 Å². The fourth-order valence-electron chi connectivity index (χ4n) is 4.42. The van der Waals surface area contributed by atoms with Crippen LogP contribution in [0.2, 0.25) is 0 Å². The first-order chi connectivity index (χ1) is 16.7. The zero-order valence-electron chi connectivity index (χ0n) is 18.4. The lowest BCUT2D eigenvalue weighted by Gasteiger charge is -2.29. The Balaban J connectivity index is 1.34. The van der Waals surface area contributed by atoms with Crippen LogP contribution in [0.4, 0.5) is 0 Å². The number of rotatable bonds is 4. The number of aromatic nitrogens is 3. The third kappa shape index (κ3) is 3.27. The van der Waals surface area contributed by atoms with Gasteiger partial charge < -0.3 is 10.4 Å². The van der Waals surface area contributed by atoms with Crippen molar-refractivity contribution in [2.45, 2.75) is 18.3 Å². The minimum absolute atomic E-state index is 0.325. The van der Waals surface area contributed by atoms with Crippen molar-refractivity contribution in [1.29, 1.82) is 0 Å². The maximum absolute atomic E-state index is 5.96. The second-order valence-electron chi connectivity index (χ2n) is 8.43. The topological polar surface area (TPSA) is 97.0 Å². The highest BCUT2D eigenvalue weighted by Gasteiger charge is 2.52. The second kappa shape index (κ2) is 7.77. The molecule has 0 unspecified atom stereocenters. The Morgan fingerprint density at radius 3 is 2.65 bits per heavy atom. The van der Waals surface area contributed by atoms with Crippen LogP contribution in [0.5, 0.6) is 0 Å². The quantitative estimate of drug-likeness (QED) is 0.222. The van der Waals surface area contributed by atoms with Crippen LogP contribution < -0.4 is 5.84 Å². The van der Waals surface area contributed by atoms with E-state index in [9.17, 15) is 0 Å². The number of hydrogen-bond donors (Lipinski definition) is 1. The first kappa shape index (κ1) is 20.0. The Morgan fingerprint density at radius 2 is 1.91 bits per heavy atom. The van der Waals surface area contributed by atoms with Crippen molar-refractivity contribution in [1.82, 2.24) is 19.5 Å². The summed E-state index contributed by atoms with van der Waals surface area (Å²) in [6, 6.07) is 18.4. The summed E-state index contributed by atoms with van der Waals surface area (Å²) < 4.78 is 1.95. The molecule has 0 bridgehead atoms. The minimum Gasteiger partial charge on any atom is -0.321 e. The first-order valence-electron chi connectivity index (χ1n) is 11.0. The largest absolute Gasteiger partial charge is 0.321 e. The molecule has 1 fully saturated rings. The number of pyridine rings is 1. The number of nitrogens with zero attached hydrogens (tertiary/aromatic N) is 7. The summed E-state index contributed by atoms with van der Waals surface area (Å²) in [6.07, 6.45) is 10.8. The fraction of sp³-hybridized carbons (Fsp3) is 0.115. The first-order valence-corrected chi connectivity index (χ1v) is 11.0. The van der Waals surface area contributed by atoms with Gasteiger partial charge in [0.15, 0.2) is 5.84 Å². The summed E-state index contributed by atoms with van der Waals surface area (Å²) in [5, 5.41) is 11.8. The predicted molar refractivity (Wildman–Crippen MR) is 134 cm³/mol. The van der Waals surface area contributed by atoms with E-state index in [-0.39, 0.29) is 5.41 Å². The van der Waals surface area contributed by atoms with Crippen molar-refractivity contribution in [3.8, 4) is 5.69 Å². The van der Waals surface area contributed by atoms with E-state index < -0.39 is 0 Å². The van der Waals surface area contributed by atoms with Crippen LogP contribution in [0.1, 0.15) is 24.0 Å². The van der Waals surface area contributed by atoms with Gasteiger partial charge in [-0.05, 0) is 48.7 Å². The molecule has 2 aromatic heterocycles. The summed E-state index contributed by atoms with van der Waals surface area (Å²) in [4.78, 5) is 13.0. The number of hydrogen-bond acceptors (Lipinski definition) is 6. The monoisotopic (exact) mass is 446 g/mol. The molecule has 2 aliphatic rings. The Morgan fingerprint density at radius 1 is 1.06 bits per heavy atom. The number of benzene rings is 2. The fourth-order valence-corrected chi connectivity index (χ4v) is 4.42. The predicted octanol–water partition coefficient (Wildman–Crippen LogP) is 3.99. The van der Waals surface area contributed by atoms with Gasteiger partial charge >= 0.3 is 0 Å². The Hall–Kier alpha value is -4.59. The van der Waals surface area contributed by atoms with Crippen molar-refractivity contribution in [3.63, 3.8) is 0 Å². The molecule has 0 spiro atoms. The summed E-state index contributed by atoms with van der Waals surface area (Å²) in [5.74, 6) is 7.09. The molecule has 0 amide bonds. The van der Waals surface area contributed by atoms with Crippen LogP contribution in [0, 0.1) is 0 Å². The van der Waals surface area contributed by atoms with E-state index in [0.717, 1.165) is 40.6 Å². The van der Waals surface area contributed by atoms with E-state index in [1.54, 1.807) is 29.9 Å². The Kier molecular flexibility index (Phi) is 4.58. The number of imidazole rings is 1. The number of hydrazone groups is 2. The lowest BCUT2D eigenvalue weighted by atomic mass is 9.92. The van der Waals surface area contributed by atoms with Gasteiger partial charge in [-0.15, -0.1) is 0 Å². The molecule has 1 aliphatic carbocycles. The highest BCUT2D eigenvalue weighted by molar-refractivity contribution is 6.39. The van der Waals surface area contributed by atoms with Gasteiger partial charge in [0.25, 0.3) is 0 Å². The maximum atomic E-state index is 5.96. The van der Waals surface area contributed by atoms with Gasteiger partial charge in [-0.1, -0.05) is 30.8 Å². The average molecular weight is 447 g/mol. The van der Waals surface area contributed by atoms with Crippen molar-refractivity contribution in [3.05, 3.63) is 103 Å². The van der Waals surface area contributed by atoms with Crippen LogP contribution in [0.3, 0.4) is 0 Å². The molecular formula is C26H22N8. The van der Waals surface area contributed by atoms with Crippen LogP contribution in [-0.2, 0) is 5.41 Å². The van der Waals surface area contributed by atoms with Gasteiger partial charge in [0.05, 0.1) is 23.5 Å². The van der Waals surface area contributed by atoms with E-state index >= 15 is 0 Å². The van der Waals surface area contributed by atoms with Crippen molar-refractivity contribution in [2.24, 2.45) is 21.0 Å². The van der Waals surface area contributed by atoms with Gasteiger partial charge in [-0.25, -0.2) is 9.98 Å². The van der Waals surface area contributed by atoms with Crippen LogP contribution >= 0.6 is 0 Å². The lowest BCUT2D eigenvalue weighted by molar-refractivity contribution is 0.513. The standard InChI is InChI=1S/C26H22N8/c1-18-30-16-24(19-4-7-22(8-5-19)33-14-13-28-17-33)32-34(18)25(31-27)26(10-11-26)21-6-9-23-20(15-21)3-2-12-29-23/h2-9,12-17H,1,10-11,27H2/b31-25-. The molecule has 3 heterocycles. The molecule has 0 radical (unpaired) electrons. The third-order valence-electron chi connectivity index (χ3n) is 6.41. The molecule has 1 aliphatic heterocycles. The van der Waals surface area contributed by atoms with E-state index in [2.05, 4.69) is 44.8 Å². The average Bonchev–Trinajstić information content (AvgIpc) is 3.49. The summed E-state index contributed by atoms with van der Waals surface area (Å²) in [7, 11) is 0. The van der Waals surface area contributed by atoms with Crippen molar-refractivity contribution >= 4 is 28.7 Å². The van der Waals surface area contributed by atoms with Gasteiger partial charge in [0.2, 0.25) is 0 Å². The molecule has 0 saturated heterocycles. The molecular weight excluding hydrogens is 424 g/mol. The molecule has 8 nitrogen and oxygen atoms in total.